The Morgan fingerprint density at radius 1 is 1.18 bits per heavy atom. The molecule has 0 fully saturated rings. The largest absolute Gasteiger partial charge is 0.382 e. The number of rotatable bonds is 0. The Labute approximate surface area is 66.6 Å². The van der Waals surface area contributed by atoms with Gasteiger partial charge in [0.2, 0.25) is 0 Å². The van der Waals surface area contributed by atoms with Crippen molar-refractivity contribution in [2.75, 3.05) is 5.73 Å². The standard InChI is InChI=1S/C8H13N3/c1-8(2,3)6-4-5-7(9)11-10-6/h4-5H,1-3H3,(H2,9,11). The second-order valence-corrected chi connectivity index (χ2v) is 3.59. The summed E-state index contributed by atoms with van der Waals surface area (Å²) in [5.41, 5.74) is 6.42. The van der Waals surface area contributed by atoms with Crippen molar-refractivity contribution < 1.29 is 0 Å². The summed E-state index contributed by atoms with van der Waals surface area (Å²) in [7, 11) is 0. The third kappa shape index (κ3) is 1.90. The highest BCUT2D eigenvalue weighted by atomic mass is 15.1. The lowest BCUT2D eigenvalue weighted by molar-refractivity contribution is 0.559. The lowest BCUT2D eigenvalue weighted by atomic mass is 9.92. The minimum absolute atomic E-state index is 0.0562. The predicted octanol–water partition coefficient (Wildman–Crippen LogP) is 1.36. The molecule has 3 heteroatoms. The van der Waals surface area contributed by atoms with E-state index in [1.807, 2.05) is 6.07 Å². The molecule has 2 N–H and O–H groups in total. The van der Waals surface area contributed by atoms with Gasteiger partial charge in [0.1, 0.15) is 5.82 Å². The SMILES string of the molecule is CC(C)(C)c1ccc(N)nn1. The first-order valence-corrected chi connectivity index (χ1v) is 3.60. The van der Waals surface area contributed by atoms with Gasteiger partial charge in [-0.05, 0) is 12.1 Å². The van der Waals surface area contributed by atoms with E-state index < -0.39 is 0 Å². The first-order chi connectivity index (χ1) is 5.00. The van der Waals surface area contributed by atoms with E-state index in [1.54, 1.807) is 6.07 Å². The fourth-order valence-corrected chi connectivity index (χ4v) is 0.743. The van der Waals surface area contributed by atoms with Gasteiger partial charge in [0.15, 0.2) is 0 Å². The predicted molar refractivity (Wildman–Crippen MR) is 45.1 cm³/mol. The molecule has 0 saturated carbocycles. The first-order valence-electron chi connectivity index (χ1n) is 3.60. The Morgan fingerprint density at radius 3 is 2.18 bits per heavy atom. The molecule has 0 spiro atoms. The second kappa shape index (κ2) is 2.49. The van der Waals surface area contributed by atoms with Crippen LogP contribution in [0.2, 0.25) is 0 Å². The average molecular weight is 151 g/mol. The van der Waals surface area contributed by atoms with E-state index in [1.165, 1.54) is 0 Å². The van der Waals surface area contributed by atoms with Crippen molar-refractivity contribution in [1.29, 1.82) is 0 Å². The van der Waals surface area contributed by atoms with E-state index in [4.69, 9.17) is 5.73 Å². The molecular weight excluding hydrogens is 138 g/mol. The molecule has 1 aromatic heterocycles. The normalized spacial score (nSPS) is 11.5. The van der Waals surface area contributed by atoms with Crippen LogP contribution in [0.3, 0.4) is 0 Å². The summed E-state index contributed by atoms with van der Waals surface area (Å²) in [4.78, 5) is 0. The molecule has 0 bridgehead atoms. The van der Waals surface area contributed by atoms with Gasteiger partial charge < -0.3 is 5.73 Å². The lowest BCUT2D eigenvalue weighted by Gasteiger charge is -2.15. The molecule has 11 heavy (non-hydrogen) atoms. The quantitative estimate of drug-likeness (QED) is 0.609. The highest BCUT2D eigenvalue weighted by Crippen LogP contribution is 2.18. The van der Waals surface area contributed by atoms with E-state index in [0.29, 0.717) is 5.82 Å². The fourth-order valence-electron chi connectivity index (χ4n) is 0.743. The highest BCUT2D eigenvalue weighted by Gasteiger charge is 2.14. The van der Waals surface area contributed by atoms with Crippen LogP contribution in [0.25, 0.3) is 0 Å². The van der Waals surface area contributed by atoms with Gasteiger partial charge in [0, 0.05) is 5.41 Å². The van der Waals surface area contributed by atoms with Gasteiger partial charge >= 0.3 is 0 Å². The molecule has 0 amide bonds. The van der Waals surface area contributed by atoms with Crippen LogP contribution in [-0.2, 0) is 5.41 Å². The van der Waals surface area contributed by atoms with Gasteiger partial charge in [-0.15, -0.1) is 5.10 Å². The smallest absolute Gasteiger partial charge is 0.146 e. The first kappa shape index (κ1) is 7.98. The number of anilines is 1. The Hall–Kier alpha value is -1.12. The number of nitrogens with two attached hydrogens (primary N) is 1. The van der Waals surface area contributed by atoms with E-state index in [2.05, 4.69) is 31.0 Å². The van der Waals surface area contributed by atoms with Gasteiger partial charge in [-0.3, -0.25) is 0 Å². The van der Waals surface area contributed by atoms with Crippen molar-refractivity contribution in [2.45, 2.75) is 26.2 Å². The van der Waals surface area contributed by atoms with E-state index in [-0.39, 0.29) is 5.41 Å². The minimum atomic E-state index is 0.0562. The molecule has 60 valence electrons. The Balaban J connectivity index is 2.99. The molecule has 3 nitrogen and oxygen atoms in total. The summed E-state index contributed by atoms with van der Waals surface area (Å²) >= 11 is 0. The van der Waals surface area contributed by atoms with E-state index in [0.717, 1.165) is 5.69 Å². The molecule has 0 aromatic carbocycles. The van der Waals surface area contributed by atoms with E-state index in [9.17, 15) is 0 Å². The Kier molecular flexibility index (Phi) is 1.81. The van der Waals surface area contributed by atoms with Gasteiger partial charge in [-0.1, -0.05) is 20.8 Å². The van der Waals surface area contributed by atoms with Crippen LogP contribution < -0.4 is 5.73 Å². The van der Waals surface area contributed by atoms with Crippen LogP contribution in [0.5, 0.6) is 0 Å². The number of aromatic nitrogens is 2. The van der Waals surface area contributed by atoms with Crippen molar-refractivity contribution in [1.82, 2.24) is 10.2 Å². The Morgan fingerprint density at radius 2 is 1.82 bits per heavy atom. The zero-order valence-electron chi connectivity index (χ0n) is 7.13. The van der Waals surface area contributed by atoms with Gasteiger partial charge in [-0.25, -0.2) is 0 Å². The molecule has 0 unspecified atom stereocenters. The van der Waals surface area contributed by atoms with Crippen molar-refractivity contribution in [2.24, 2.45) is 0 Å². The summed E-state index contributed by atoms with van der Waals surface area (Å²) in [6.45, 7) is 6.27. The fraction of sp³-hybridized carbons (Fsp3) is 0.500. The zero-order valence-corrected chi connectivity index (χ0v) is 7.13. The average Bonchev–Trinajstić information content (AvgIpc) is 1.86. The zero-order chi connectivity index (χ0) is 8.48. The summed E-state index contributed by atoms with van der Waals surface area (Å²) in [5, 5.41) is 7.75. The molecular formula is C8H13N3. The van der Waals surface area contributed by atoms with Gasteiger partial charge in [-0.2, -0.15) is 5.10 Å². The molecule has 1 rings (SSSR count). The van der Waals surface area contributed by atoms with Crippen LogP contribution in [0.1, 0.15) is 26.5 Å². The van der Waals surface area contributed by atoms with Gasteiger partial charge in [0.05, 0.1) is 5.69 Å². The molecule has 0 radical (unpaired) electrons. The van der Waals surface area contributed by atoms with Crippen molar-refractivity contribution in [3.05, 3.63) is 17.8 Å². The third-order valence-corrected chi connectivity index (χ3v) is 1.45. The van der Waals surface area contributed by atoms with Gasteiger partial charge in [0.25, 0.3) is 0 Å². The molecule has 0 aliphatic rings. The maximum Gasteiger partial charge on any atom is 0.146 e. The Bertz CT molecular complexity index is 233. The summed E-state index contributed by atoms with van der Waals surface area (Å²) in [5.74, 6) is 0.470. The molecule has 1 heterocycles. The van der Waals surface area contributed by atoms with Crippen LogP contribution in [0.4, 0.5) is 5.82 Å². The van der Waals surface area contributed by atoms with Crippen LogP contribution in [0, 0.1) is 0 Å². The van der Waals surface area contributed by atoms with Crippen molar-refractivity contribution in [3.8, 4) is 0 Å². The molecule has 0 saturated heterocycles. The third-order valence-electron chi connectivity index (χ3n) is 1.45. The number of hydrogen-bond acceptors (Lipinski definition) is 3. The maximum absolute atomic E-state index is 5.40. The topological polar surface area (TPSA) is 51.8 Å². The summed E-state index contributed by atoms with van der Waals surface area (Å²) in [6, 6.07) is 3.68. The van der Waals surface area contributed by atoms with E-state index >= 15 is 0 Å². The lowest BCUT2D eigenvalue weighted by Crippen LogP contribution is -2.14. The van der Waals surface area contributed by atoms with Crippen LogP contribution >= 0.6 is 0 Å². The molecule has 0 aliphatic carbocycles. The minimum Gasteiger partial charge on any atom is -0.382 e. The van der Waals surface area contributed by atoms with Crippen LogP contribution in [-0.4, -0.2) is 10.2 Å². The highest BCUT2D eigenvalue weighted by molar-refractivity contribution is 5.27. The van der Waals surface area contributed by atoms with Crippen LogP contribution in [0.15, 0.2) is 12.1 Å². The van der Waals surface area contributed by atoms with Crippen molar-refractivity contribution >= 4 is 5.82 Å². The maximum atomic E-state index is 5.40. The number of nitrogens with zero attached hydrogens (tertiary/aromatic N) is 2. The second-order valence-electron chi connectivity index (χ2n) is 3.59. The number of nitrogen functional groups attached to an aromatic ring is 1. The van der Waals surface area contributed by atoms with Crippen molar-refractivity contribution in [3.63, 3.8) is 0 Å². The molecule has 1 aromatic rings. The summed E-state index contributed by atoms with van der Waals surface area (Å²) in [6.07, 6.45) is 0. The summed E-state index contributed by atoms with van der Waals surface area (Å²) < 4.78 is 0. The number of hydrogen-bond donors (Lipinski definition) is 1. The monoisotopic (exact) mass is 151 g/mol. The molecule has 0 aliphatic heterocycles. The molecule has 0 atom stereocenters.